The van der Waals surface area contributed by atoms with Gasteiger partial charge in [0.2, 0.25) is 0 Å². The summed E-state index contributed by atoms with van der Waals surface area (Å²) in [5.41, 5.74) is 1.77. The summed E-state index contributed by atoms with van der Waals surface area (Å²) in [6.45, 7) is 6.48. The summed E-state index contributed by atoms with van der Waals surface area (Å²) in [6.07, 6.45) is 6.21. The van der Waals surface area contributed by atoms with Crippen LogP contribution in [0.4, 0.5) is 0 Å². The highest BCUT2D eigenvalue weighted by molar-refractivity contribution is 5.88. The fourth-order valence-electron chi connectivity index (χ4n) is 2.75. The number of rotatable bonds is 5. The van der Waals surface area contributed by atoms with Gasteiger partial charge in [-0.15, -0.1) is 0 Å². The summed E-state index contributed by atoms with van der Waals surface area (Å²) in [5.74, 6) is 0.509. The van der Waals surface area contributed by atoms with Gasteiger partial charge >= 0.3 is 5.97 Å². The Labute approximate surface area is 127 Å². The molecule has 0 amide bonds. The number of aryl methyl sites for hydroxylation is 1. The van der Waals surface area contributed by atoms with E-state index in [0.717, 1.165) is 31.8 Å². The Morgan fingerprint density at radius 2 is 1.95 bits per heavy atom. The molecule has 0 bridgehead atoms. The SMILES string of the molecule is CCCc1ccc(C(=O)OO[C]2CCCC(C)C2C)cc1. The third-order valence-corrected chi connectivity index (χ3v) is 4.40. The van der Waals surface area contributed by atoms with Gasteiger partial charge in [0, 0.05) is 0 Å². The number of hydrogen-bond donors (Lipinski definition) is 0. The first-order valence-electron chi connectivity index (χ1n) is 7.95. The molecule has 1 aliphatic carbocycles. The quantitative estimate of drug-likeness (QED) is 0.581. The molecule has 1 saturated carbocycles. The zero-order valence-electron chi connectivity index (χ0n) is 13.2. The zero-order chi connectivity index (χ0) is 15.2. The largest absolute Gasteiger partial charge is 0.373 e. The Hall–Kier alpha value is -1.35. The lowest BCUT2D eigenvalue weighted by Gasteiger charge is -2.31. The van der Waals surface area contributed by atoms with Gasteiger partial charge in [-0.1, -0.05) is 52.2 Å². The van der Waals surface area contributed by atoms with Crippen LogP contribution in [-0.2, 0) is 16.2 Å². The molecule has 1 fully saturated rings. The summed E-state index contributed by atoms with van der Waals surface area (Å²) in [4.78, 5) is 22.3. The van der Waals surface area contributed by atoms with Gasteiger partial charge in [0.05, 0.1) is 5.56 Å². The lowest BCUT2D eigenvalue weighted by Crippen LogP contribution is -2.25. The Kier molecular flexibility index (Phi) is 5.80. The molecule has 0 heterocycles. The minimum absolute atomic E-state index is 0.346. The molecule has 0 N–H and O–H groups in total. The lowest BCUT2D eigenvalue weighted by molar-refractivity contribution is -0.248. The van der Waals surface area contributed by atoms with Crippen LogP contribution in [0, 0.1) is 17.9 Å². The number of carbonyl (C=O) groups is 1. The number of hydrogen-bond acceptors (Lipinski definition) is 3. The number of carbonyl (C=O) groups excluding carboxylic acids is 1. The summed E-state index contributed by atoms with van der Waals surface area (Å²) in [6, 6.07) is 7.54. The van der Waals surface area contributed by atoms with Crippen LogP contribution in [0.2, 0.25) is 0 Å². The van der Waals surface area contributed by atoms with Gasteiger partial charge in [0.25, 0.3) is 0 Å². The van der Waals surface area contributed by atoms with Crippen molar-refractivity contribution in [3.8, 4) is 0 Å². The molecule has 1 aromatic carbocycles. The predicted octanol–water partition coefficient (Wildman–Crippen LogP) is 4.72. The number of benzene rings is 1. The third-order valence-electron chi connectivity index (χ3n) is 4.40. The third kappa shape index (κ3) is 4.31. The molecule has 2 rings (SSSR count). The highest BCUT2D eigenvalue weighted by atomic mass is 17.2. The van der Waals surface area contributed by atoms with Gasteiger partial charge in [0.15, 0.2) is 6.10 Å². The summed E-state index contributed by atoms with van der Waals surface area (Å²) in [5, 5.41) is 0. The minimum atomic E-state index is -0.420. The van der Waals surface area contributed by atoms with Crippen LogP contribution in [0.25, 0.3) is 0 Å². The first kappa shape index (κ1) is 16.0. The molecule has 0 saturated heterocycles. The van der Waals surface area contributed by atoms with Gasteiger partial charge in [-0.05, 0) is 42.4 Å². The second kappa shape index (κ2) is 7.60. The molecule has 21 heavy (non-hydrogen) atoms. The van der Waals surface area contributed by atoms with E-state index in [2.05, 4.69) is 20.8 Å². The molecule has 2 unspecified atom stereocenters. The Morgan fingerprint density at radius 3 is 2.62 bits per heavy atom. The van der Waals surface area contributed by atoms with Crippen LogP contribution >= 0.6 is 0 Å². The van der Waals surface area contributed by atoms with E-state index >= 15 is 0 Å². The van der Waals surface area contributed by atoms with Crippen LogP contribution in [0.5, 0.6) is 0 Å². The maximum absolute atomic E-state index is 12.0. The molecule has 1 radical (unpaired) electrons. The van der Waals surface area contributed by atoms with E-state index in [-0.39, 0.29) is 0 Å². The second-order valence-electron chi connectivity index (χ2n) is 6.03. The Bertz CT molecular complexity index is 452. The van der Waals surface area contributed by atoms with Crippen molar-refractivity contribution in [1.82, 2.24) is 0 Å². The molecular formula is C18H25O3. The Morgan fingerprint density at radius 1 is 1.24 bits per heavy atom. The normalized spacial score (nSPS) is 23.0. The second-order valence-corrected chi connectivity index (χ2v) is 6.03. The van der Waals surface area contributed by atoms with Crippen LogP contribution in [-0.4, -0.2) is 5.97 Å². The maximum atomic E-state index is 12.0. The zero-order valence-corrected chi connectivity index (χ0v) is 13.2. The van der Waals surface area contributed by atoms with E-state index < -0.39 is 5.97 Å². The highest BCUT2D eigenvalue weighted by Gasteiger charge is 2.30. The molecule has 115 valence electrons. The van der Waals surface area contributed by atoms with Gasteiger partial charge in [-0.2, -0.15) is 4.89 Å². The van der Waals surface area contributed by atoms with Gasteiger partial charge in [0.1, 0.15) is 0 Å². The fraction of sp³-hybridized carbons (Fsp3) is 0.556. The molecule has 1 aliphatic rings. The van der Waals surface area contributed by atoms with Crippen LogP contribution in [0.1, 0.15) is 62.4 Å². The molecule has 1 aromatic rings. The van der Waals surface area contributed by atoms with Gasteiger partial charge < -0.3 is 0 Å². The molecular weight excluding hydrogens is 264 g/mol. The average Bonchev–Trinajstić information content (AvgIpc) is 2.49. The van der Waals surface area contributed by atoms with E-state index in [1.165, 1.54) is 12.0 Å². The fourth-order valence-corrected chi connectivity index (χ4v) is 2.75. The minimum Gasteiger partial charge on any atom is -0.292 e. The maximum Gasteiger partial charge on any atom is 0.373 e. The van der Waals surface area contributed by atoms with Crippen molar-refractivity contribution >= 4 is 5.97 Å². The Balaban J connectivity index is 1.86. The van der Waals surface area contributed by atoms with Crippen molar-refractivity contribution in [2.45, 2.75) is 52.9 Å². The van der Waals surface area contributed by atoms with E-state index in [4.69, 9.17) is 9.78 Å². The van der Waals surface area contributed by atoms with Crippen molar-refractivity contribution in [3.05, 3.63) is 41.5 Å². The van der Waals surface area contributed by atoms with Crippen molar-refractivity contribution in [1.29, 1.82) is 0 Å². The van der Waals surface area contributed by atoms with E-state index in [1.807, 2.05) is 12.1 Å². The van der Waals surface area contributed by atoms with Crippen molar-refractivity contribution in [3.63, 3.8) is 0 Å². The lowest BCUT2D eigenvalue weighted by atomic mass is 9.80. The molecule has 0 aromatic heterocycles. The average molecular weight is 289 g/mol. The summed E-state index contributed by atoms with van der Waals surface area (Å²) < 4.78 is 0. The standard InChI is InChI=1S/C18H25O3/c1-4-6-15-9-11-16(12-10-15)18(19)21-20-17-8-5-7-13(2)14(17)3/h9-14H,4-8H2,1-3H3. The molecule has 0 aliphatic heterocycles. The summed E-state index contributed by atoms with van der Waals surface area (Å²) >= 11 is 0. The van der Waals surface area contributed by atoms with Crippen LogP contribution in [0.3, 0.4) is 0 Å². The smallest absolute Gasteiger partial charge is 0.292 e. The summed E-state index contributed by atoms with van der Waals surface area (Å²) in [7, 11) is 0. The molecule has 2 atom stereocenters. The van der Waals surface area contributed by atoms with Crippen molar-refractivity contribution < 1.29 is 14.6 Å². The van der Waals surface area contributed by atoms with Crippen LogP contribution < -0.4 is 0 Å². The van der Waals surface area contributed by atoms with Gasteiger partial charge in [-0.25, -0.2) is 4.79 Å². The van der Waals surface area contributed by atoms with E-state index in [1.54, 1.807) is 12.1 Å². The molecule has 3 heteroatoms. The van der Waals surface area contributed by atoms with Gasteiger partial charge in [-0.3, -0.25) is 4.89 Å². The monoisotopic (exact) mass is 289 g/mol. The predicted molar refractivity (Wildman–Crippen MR) is 82.4 cm³/mol. The first-order valence-corrected chi connectivity index (χ1v) is 7.95. The highest BCUT2D eigenvalue weighted by Crippen LogP contribution is 2.36. The van der Waals surface area contributed by atoms with E-state index in [9.17, 15) is 4.79 Å². The van der Waals surface area contributed by atoms with Crippen molar-refractivity contribution in [2.75, 3.05) is 0 Å². The van der Waals surface area contributed by atoms with Crippen LogP contribution in [0.15, 0.2) is 24.3 Å². The molecule has 3 nitrogen and oxygen atoms in total. The first-order chi connectivity index (χ1) is 10.1. The molecule has 0 spiro atoms. The van der Waals surface area contributed by atoms with Crippen molar-refractivity contribution in [2.24, 2.45) is 11.8 Å². The van der Waals surface area contributed by atoms with E-state index in [0.29, 0.717) is 17.4 Å². The topological polar surface area (TPSA) is 35.5 Å².